The Morgan fingerprint density at radius 3 is 2.50 bits per heavy atom. The van der Waals surface area contributed by atoms with Crippen LogP contribution in [0.2, 0.25) is 0 Å². The molecule has 1 N–H and O–H groups in total. The largest absolute Gasteiger partial charge is 0.385 e. The standard InChI is InChI=1S/C12H17F2NO/c1-16-8-3-2-7-15-9-10-11(13)5-4-6-12(10)14/h4-6,15H,2-3,7-9H2,1H3. The monoisotopic (exact) mass is 229 g/mol. The van der Waals surface area contributed by atoms with Crippen LogP contribution in [0, 0.1) is 11.6 Å². The number of benzene rings is 1. The zero-order valence-electron chi connectivity index (χ0n) is 9.43. The van der Waals surface area contributed by atoms with Crippen LogP contribution in [0.4, 0.5) is 8.78 Å². The predicted octanol–water partition coefficient (Wildman–Crippen LogP) is 2.48. The first-order valence-corrected chi connectivity index (χ1v) is 5.38. The molecule has 0 amide bonds. The summed E-state index contributed by atoms with van der Waals surface area (Å²) in [6.45, 7) is 1.68. The van der Waals surface area contributed by atoms with E-state index in [9.17, 15) is 8.78 Å². The number of nitrogens with one attached hydrogen (secondary N) is 1. The molecule has 0 aliphatic carbocycles. The zero-order valence-corrected chi connectivity index (χ0v) is 9.43. The van der Waals surface area contributed by atoms with E-state index in [4.69, 9.17) is 4.74 Å². The van der Waals surface area contributed by atoms with Crippen LogP contribution < -0.4 is 5.32 Å². The molecule has 4 heteroatoms. The van der Waals surface area contributed by atoms with Gasteiger partial charge in [-0.3, -0.25) is 0 Å². The first-order valence-electron chi connectivity index (χ1n) is 5.38. The normalized spacial score (nSPS) is 10.7. The molecule has 90 valence electrons. The van der Waals surface area contributed by atoms with Gasteiger partial charge in [-0.1, -0.05) is 6.07 Å². The molecule has 0 heterocycles. The third-order valence-corrected chi connectivity index (χ3v) is 2.32. The van der Waals surface area contributed by atoms with Gasteiger partial charge in [-0.15, -0.1) is 0 Å². The molecule has 1 rings (SSSR count). The Morgan fingerprint density at radius 2 is 1.88 bits per heavy atom. The van der Waals surface area contributed by atoms with E-state index >= 15 is 0 Å². The van der Waals surface area contributed by atoms with Gasteiger partial charge in [0.1, 0.15) is 11.6 Å². The average Bonchev–Trinajstić information content (AvgIpc) is 2.26. The Labute approximate surface area is 94.6 Å². The second kappa shape index (κ2) is 7.30. The summed E-state index contributed by atoms with van der Waals surface area (Å²) >= 11 is 0. The van der Waals surface area contributed by atoms with Crippen LogP contribution in [0.5, 0.6) is 0 Å². The van der Waals surface area contributed by atoms with Crippen molar-refractivity contribution in [2.45, 2.75) is 19.4 Å². The summed E-state index contributed by atoms with van der Waals surface area (Å²) in [4.78, 5) is 0. The lowest BCUT2D eigenvalue weighted by Crippen LogP contribution is -2.17. The van der Waals surface area contributed by atoms with Gasteiger partial charge >= 0.3 is 0 Å². The summed E-state index contributed by atoms with van der Waals surface area (Å²) in [5, 5.41) is 3.01. The van der Waals surface area contributed by atoms with Crippen LogP contribution in [0.15, 0.2) is 18.2 Å². The number of hydrogen-bond donors (Lipinski definition) is 1. The summed E-state index contributed by atoms with van der Waals surface area (Å²) in [5.74, 6) is -0.992. The van der Waals surface area contributed by atoms with Gasteiger partial charge in [-0.25, -0.2) is 8.78 Å². The Morgan fingerprint density at radius 1 is 1.19 bits per heavy atom. The predicted molar refractivity (Wildman–Crippen MR) is 59.2 cm³/mol. The third-order valence-electron chi connectivity index (χ3n) is 2.32. The molecule has 16 heavy (non-hydrogen) atoms. The van der Waals surface area contributed by atoms with Crippen molar-refractivity contribution in [3.63, 3.8) is 0 Å². The molecule has 0 atom stereocenters. The van der Waals surface area contributed by atoms with Crippen molar-refractivity contribution < 1.29 is 13.5 Å². The number of ether oxygens (including phenoxy) is 1. The van der Waals surface area contributed by atoms with Crippen molar-refractivity contribution in [2.24, 2.45) is 0 Å². The maximum absolute atomic E-state index is 13.2. The molecule has 0 aliphatic rings. The van der Waals surface area contributed by atoms with Crippen LogP contribution >= 0.6 is 0 Å². The van der Waals surface area contributed by atoms with Gasteiger partial charge in [0.15, 0.2) is 0 Å². The van der Waals surface area contributed by atoms with Crippen molar-refractivity contribution in [1.82, 2.24) is 5.32 Å². The molecule has 0 radical (unpaired) electrons. The highest BCUT2D eigenvalue weighted by Crippen LogP contribution is 2.11. The molecule has 0 saturated heterocycles. The van der Waals surface area contributed by atoms with Crippen molar-refractivity contribution in [1.29, 1.82) is 0 Å². The topological polar surface area (TPSA) is 21.3 Å². The van der Waals surface area contributed by atoms with Gasteiger partial charge in [0.2, 0.25) is 0 Å². The fourth-order valence-electron chi connectivity index (χ4n) is 1.41. The van der Waals surface area contributed by atoms with Crippen LogP contribution in [-0.4, -0.2) is 20.3 Å². The fourth-order valence-corrected chi connectivity index (χ4v) is 1.41. The quantitative estimate of drug-likeness (QED) is 0.725. The van der Waals surface area contributed by atoms with E-state index in [1.54, 1.807) is 7.11 Å². The minimum atomic E-state index is -0.496. The highest BCUT2D eigenvalue weighted by Gasteiger charge is 2.06. The molecule has 2 nitrogen and oxygen atoms in total. The second-order valence-electron chi connectivity index (χ2n) is 3.58. The minimum absolute atomic E-state index is 0.106. The van der Waals surface area contributed by atoms with Gasteiger partial charge in [-0.05, 0) is 31.5 Å². The van der Waals surface area contributed by atoms with E-state index in [2.05, 4.69) is 5.32 Å². The molecule has 0 fully saturated rings. The summed E-state index contributed by atoms with van der Waals surface area (Å²) in [5.41, 5.74) is 0.106. The molecule has 0 aromatic heterocycles. The van der Waals surface area contributed by atoms with Gasteiger partial charge in [0.05, 0.1) is 0 Å². The van der Waals surface area contributed by atoms with E-state index in [-0.39, 0.29) is 12.1 Å². The lowest BCUT2D eigenvalue weighted by molar-refractivity contribution is 0.192. The summed E-state index contributed by atoms with van der Waals surface area (Å²) in [7, 11) is 1.65. The molecular weight excluding hydrogens is 212 g/mol. The van der Waals surface area contributed by atoms with E-state index in [1.807, 2.05) is 0 Å². The highest BCUT2D eigenvalue weighted by molar-refractivity contribution is 5.19. The van der Waals surface area contributed by atoms with E-state index in [0.29, 0.717) is 0 Å². The lowest BCUT2D eigenvalue weighted by atomic mass is 10.2. The number of methoxy groups -OCH3 is 1. The molecule has 0 saturated carbocycles. The summed E-state index contributed by atoms with van der Waals surface area (Å²) in [6.07, 6.45) is 1.88. The first kappa shape index (κ1) is 13.1. The van der Waals surface area contributed by atoms with Crippen LogP contribution in [0.1, 0.15) is 18.4 Å². The SMILES string of the molecule is COCCCCNCc1c(F)cccc1F. The third kappa shape index (κ3) is 4.24. The fraction of sp³-hybridized carbons (Fsp3) is 0.500. The van der Waals surface area contributed by atoms with Crippen molar-refractivity contribution in [2.75, 3.05) is 20.3 Å². The average molecular weight is 229 g/mol. The number of hydrogen-bond acceptors (Lipinski definition) is 2. The molecular formula is C12H17F2NO. The lowest BCUT2D eigenvalue weighted by Gasteiger charge is -2.06. The van der Waals surface area contributed by atoms with Gasteiger partial charge in [-0.2, -0.15) is 0 Å². The number of halogens is 2. The van der Waals surface area contributed by atoms with Crippen LogP contribution in [-0.2, 0) is 11.3 Å². The van der Waals surface area contributed by atoms with E-state index < -0.39 is 11.6 Å². The smallest absolute Gasteiger partial charge is 0.130 e. The first-order chi connectivity index (χ1) is 7.75. The maximum Gasteiger partial charge on any atom is 0.130 e. The Balaban J connectivity index is 2.26. The molecule has 0 spiro atoms. The Kier molecular flexibility index (Phi) is 5.96. The zero-order chi connectivity index (χ0) is 11.8. The van der Waals surface area contributed by atoms with Crippen LogP contribution in [0.3, 0.4) is 0 Å². The van der Waals surface area contributed by atoms with Crippen molar-refractivity contribution in [3.05, 3.63) is 35.4 Å². The van der Waals surface area contributed by atoms with Crippen molar-refractivity contribution >= 4 is 0 Å². The number of rotatable bonds is 7. The maximum atomic E-state index is 13.2. The molecule has 1 aromatic rings. The molecule has 0 bridgehead atoms. The van der Waals surface area contributed by atoms with Gasteiger partial charge in [0.25, 0.3) is 0 Å². The van der Waals surface area contributed by atoms with E-state index in [1.165, 1.54) is 18.2 Å². The minimum Gasteiger partial charge on any atom is -0.385 e. The molecule has 1 aromatic carbocycles. The van der Waals surface area contributed by atoms with Gasteiger partial charge in [0, 0.05) is 25.8 Å². The molecule has 0 aliphatic heterocycles. The highest BCUT2D eigenvalue weighted by atomic mass is 19.1. The van der Waals surface area contributed by atoms with E-state index in [0.717, 1.165) is 26.0 Å². The Bertz CT molecular complexity index is 298. The van der Waals surface area contributed by atoms with Crippen LogP contribution in [0.25, 0.3) is 0 Å². The van der Waals surface area contributed by atoms with Crippen molar-refractivity contribution in [3.8, 4) is 0 Å². The summed E-state index contributed by atoms with van der Waals surface area (Å²) in [6, 6.07) is 3.91. The molecule has 0 unspecified atom stereocenters. The second-order valence-corrected chi connectivity index (χ2v) is 3.58. The summed E-state index contributed by atoms with van der Waals surface area (Å²) < 4.78 is 31.3. The number of unbranched alkanes of at least 4 members (excludes halogenated alkanes) is 1. The van der Waals surface area contributed by atoms with Gasteiger partial charge < -0.3 is 10.1 Å². The Hall–Kier alpha value is -1.00.